The number of fused-ring (bicyclic) bond motifs is 1. The minimum absolute atomic E-state index is 0.319. The molecule has 0 spiro atoms. The quantitative estimate of drug-likeness (QED) is 0.475. The summed E-state index contributed by atoms with van der Waals surface area (Å²) in [5.74, 6) is 2.63. The lowest BCUT2D eigenvalue weighted by Gasteiger charge is -2.44. The van der Waals surface area contributed by atoms with Gasteiger partial charge in [0.05, 0.1) is 12.2 Å². The second kappa shape index (κ2) is 9.40. The van der Waals surface area contributed by atoms with Crippen LogP contribution in [0.2, 0.25) is 0 Å². The van der Waals surface area contributed by atoms with E-state index in [1.165, 1.54) is 32.1 Å². The zero-order chi connectivity index (χ0) is 23.0. The zero-order valence-electron chi connectivity index (χ0n) is 20.8. The molecule has 7 atom stereocenters. The van der Waals surface area contributed by atoms with Crippen molar-refractivity contribution >= 4 is 0 Å². The third-order valence-electron chi connectivity index (χ3n) is 9.04. The van der Waals surface area contributed by atoms with Crippen molar-refractivity contribution in [2.75, 3.05) is 0 Å². The Morgan fingerprint density at radius 3 is 2.29 bits per heavy atom. The molecule has 3 rings (SSSR count). The van der Waals surface area contributed by atoms with E-state index >= 15 is 0 Å². The molecule has 0 radical (unpaired) electrons. The van der Waals surface area contributed by atoms with Crippen LogP contribution in [0.15, 0.2) is 47.6 Å². The average Bonchev–Trinajstić information content (AvgIpc) is 3.05. The molecule has 3 fully saturated rings. The zero-order valence-corrected chi connectivity index (χ0v) is 20.8. The summed E-state index contributed by atoms with van der Waals surface area (Å²) in [5.41, 5.74) is 4.01. The number of aliphatic hydroxyl groups excluding tert-OH is 2. The Kier molecular flexibility index (Phi) is 7.43. The molecular weight excluding hydrogens is 380 g/mol. The Morgan fingerprint density at radius 2 is 1.68 bits per heavy atom. The molecule has 3 saturated carbocycles. The van der Waals surface area contributed by atoms with Crippen molar-refractivity contribution in [2.45, 2.75) is 98.7 Å². The van der Waals surface area contributed by atoms with E-state index < -0.39 is 12.2 Å². The molecule has 2 nitrogen and oxygen atoms in total. The number of aliphatic hydroxyl groups is 2. The van der Waals surface area contributed by atoms with Crippen molar-refractivity contribution in [2.24, 2.45) is 34.5 Å². The van der Waals surface area contributed by atoms with Crippen molar-refractivity contribution in [3.8, 4) is 0 Å². The van der Waals surface area contributed by atoms with Gasteiger partial charge in [-0.25, -0.2) is 0 Å². The predicted octanol–water partition coefficient (Wildman–Crippen LogP) is 7.00. The third kappa shape index (κ3) is 5.28. The van der Waals surface area contributed by atoms with Crippen LogP contribution in [0.25, 0.3) is 0 Å². The summed E-state index contributed by atoms with van der Waals surface area (Å²) >= 11 is 0. The summed E-state index contributed by atoms with van der Waals surface area (Å²) < 4.78 is 0. The van der Waals surface area contributed by atoms with Gasteiger partial charge in [-0.1, -0.05) is 83.6 Å². The monoisotopic (exact) mass is 426 g/mol. The lowest BCUT2D eigenvalue weighted by molar-refractivity contribution is 0.112. The Bertz CT molecular complexity index is 733. The first-order chi connectivity index (χ1) is 14.4. The summed E-state index contributed by atoms with van der Waals surface area (Å²) in [6.45, 7) is 18.1. The molecule has 2 N–H and O–H groups in total. The number of hydrogen-bond donors (Lipinski definition) is 2. The lowest BCUT2D eigenvalue weighted by atomic mass is 9.61. The second-order valence-electron chi connectivity index (χ2n) is 12.1. The van der Waals surface area contributed by atoms with Gasteiger partial charge in [0.2, 0.25) is 0 Å². The van der Waals surface area contributed by atoms with Gasteiger partial charge in [-0.2, -0.15) is 0 Å². The minimum atomic E-state index is -0.607. The molecule has 0 bridgehead atoms. The Balaban J connectivity index is 1.73. The van der Waals surface area contributed by atoms with Gasteiger partial charge in [0.15, 0.2) is 0 Å². The van der Waals surface area contributed by atoms with E-state index in [0.29, 0.717) is 47.0 Å². The van der Waals surface area contributed by atoms with Gasteiger partial charge in [0, 0.05) is 0 Å². The van der Waals surface area contributed by atoms with E-state index in [0.717, 1.165) is 11.5 Å². The Morgan fingerprint density at radius 1 is 1.03 bits per heavy atom. The minimum Gasteiger partial charge on any atom is -0.388 e. The SMILES string of the molecule is C=C1[C@H](O)CC(=C/C=C2\CCC[C@@]3(C)C2CCC3[C@H](C)/C=C/[C@H](C)C(C)(C)C)C[C@H]1O. The molecule has 0 aromatic carbocycles. The van der Waals surface area contributed by atoms with Gasteiger partial charge >= 0.3 is 0 Å². The van der Waals surface area contributed by atoms with Crippen LogP contribution < -0.4 is 0 Å². The topological polar surface area (TPSA) is 40.5 Å². The predicted molar refractivity (Wildman–Crippen MR) is 132 cm³/mol. The smallest absolute Gasteiger partial charge is 0.0809 e. The molecule has 0 saturated heterocycles. The van der Waals surface area contributed by atoms with Gasteiger partial charge in [-0.05, 0) is 85.0 Å². The van der Waals surface area contributed by atoms with Crippen LogP contribution in [0.5, 0.6) is 0 Å². The maximum atomic E-state index is 10.2. The van der Waals surface area contributed by atoms with E-state index in [2.05, 4.69) is 72.4 Å². The largest absolute Gasteiger partial charge is 0.388 e. The fourth-order valence-electron chi connectivity index (χ4n) is 6.33. The van der Waals surface area contributed by atoms with Gasteiger partial charge in [0.25, 0.3) is 0 Å². The first kappa shape index (κ1) is 24.5. The molecule has 0 aliphatic heterocycles. The fourth-order valence-corrected chi connectivity index (χ4v) is 6.33. The molecule has 3 aliphatic carbocycles. The summed E-state index contributed by atoms with van der Waals surface area (Å²) in [4.78, 5) is 0. The molecule has 31 heavy (non-hydrogen) atoms. The standard InChI is InChI=1S/C29H46O2/c1-19(10-11-20(2)28(4,5)6)24-14-15-25-23(9-8-16-29(24,25)7)13-12-22-17-26(30)21(3)27(31)18-22/h10-13,19-20,24-27,30-31H,3,8-9,14-18H2,1-2,4-7H3/b11-10+,23-13+/t19-,20+,24?,25?,26-,27-,29-/m1/s1. The Hall–Kier alpha value is -1.12. The first-order valence-corrected chi connectivity index (χ1v) is 12.5. The second-order valence-corrected chi connectivity index (χ2v) is 12.1. The molecule has 2 unspecified atom stereocenters. The van der Waals surface area contributed by atoms with Crippen LogP contribution in [0, 0.1) is 34.5 Å². The summed E-state index contributed by atoms with van der Waals surface area (Å²) in [5, 5.41) is 20.3. The number of rotatable bonds is 4. The molecule has 2 heteroatoms. The highest BCUT2D eigenvalue weighted by molar-refractivity contribution is 5.29. The van der Waals surface area contributed by atoms with E-state index in [1.807, 2.05) is 0 Å². The molecule has 3 aliphatic rings. The van der Waals surface area contributed by atoms with Crippen molar-refractivity contribution in [3.63, 3.8) is 0 Å². The van der Waals surface area contributed by atoms with E-state index in [-0.39, 0.29) is 0 Å². The maximum Gasteiger partial charge on any atom is 0.0809 e. The summed E-state index contributed by atoms with van der Waals surface area (Å²) in [6, 6.07) is 0. The van der Waals surface area contributed by atoms with Crippen LogP contribution in [-0.2, 0) is 0 Å². The van der Waals surface area contributed by atoms with Gasteiger partial charge < -0.3 is 10.2 Å². The molecule has 0 aromatic rings. The third-order valence-corrected chi connectivity index (χ3v) is 9.04. The van der Waals surface area contributed by atoms with Gasteiger partial charge in [-0.15, -0.1) is 0 Å². The number of allylic oxidation sites excluding steroid dienone is 5. The van der Waals surface area contributed by atoms with Crippen LogP contribution in [0.1, 0.15) is 86.5 Å². The van der Waals surface area contributed by atoms with Crippen molar-refractivity contribution < 1.29 is 10.2 Å². The highest BCUT2D eigenvalue weighted by atomic mass is 16.3. The van der Waals surface area contributed by atoms with Crippen LogP contribution >= 0.6 is 0 Å². The molecule has 174 valence electrons. The molecule has 0 amide bonds. The summed E-state index contributed by atoms with van der Waals surface area (Å²) in [7, 11) is 0. The van der Waals surface area contributed by atoms with Gasteiger partial charge in [-0.3, -0.25) is 0 Å². The highest BCUT2D eigenvalue weighted by Gasteiger charge is 2.50. The average molecular weight is 427 g/mol. The van der Waals surface area contributed by atoms with Crippen molar-refractivity contribution in [3.05, 3.63) is 47.6 Å². The highest BCUT2D eigenvalue weighted by Crippen LogP contribution is 2.59. The van der Waals surface area contributed by atoms with Crippen LogP contribution in [0.3, 0.4) is 0 Å². The van der Waals surface area contributed by atoms with Crippen LogP contribution in [0.4, 0.5) is 0 Å². The molecule has 0 aromatic heterocycles. The maximum absolute atomic E-state index is 10.2. The Labute approximate surface area is 191 Å². The van der Waals surface area contributed by atoms with E-state index in [1.54, 1.807) is 5.57 Å². The van der Waals surface area contributed by atoms with Crippen molar-refractivity contribution in [1.29, 1.82) is 0 Å². The molecular formula is C29H46O2. The lowest BCUT2D eigenvalue weighted by Crippen LogP contribution is -2.35. The summed E-state index contributed by atoms with van der Waals surface area (Å²) in [6.07, 6.45) is 15.9. The van der Waals surface area contributed by atoms with Crippen molar-refractivity contribution in [1.82, 2.24) is 0 Å². The molecule has 0 heterocycles. The normalized spacial score (nSPS) is 37.9. The van der Waals surface area contributed by atoms with Crippen LogP contribution in [-0.4, -0.2) is 22.4 Å². The fraction of sp³-hybridized carbons (Fsp3) is 0.724. The van der Waals surface area contributed by atoms with E-state index in [9.17, 15) is 10.2 Å². The number of hydrogen-bond acceptors (Lipinski definition) is 2. The first-order valence-electron chi connectivity index (χ1n) is 12.5. The van der Waals surface area contributed by atoms with E-state index in [4.69, 9.17) is 0 Å². The van der Waals surface area contributed by atoms with Gasteiger partial charge in [0.1, 0.15) is 0 Å².